The first-order valence-electron chi connectivity index (χ1n) is 6.05. The van der Waals surface area contributed by atoms with Crippen LogP contribution in [0, 0.1) is 6.92 Å². The highest BCUT2D eigenvalue weighted by atomic mass is 79.9. The second kappa shape index (κ2) is 4.82. The molecule has 0 radical (unpaired) electrons. The molecule has 1 N–H and O–H groups in total. The van der Waals surface area contributed by atoms with Crippen LogP contribution in [0.2, 0.25) is 0 Å². The maximum absolute atomic E-state index is 5.31. The van der Waals surface area contributed by atoms with Crippen molar-refractivity contribution in [2.45, 2.75) is 32.4 Å². The first kappa shape index (κ1) is 11.9. The standard InChI is InChI=1S/C13H14BrN3O/c1-8-3-2-4-10(12(8)14)13-16-11(17-18-13)7-15-9-5-6-9/h2-4,9,15H,5-7H2,1H3. The lowest BCUT2D eigenvalue weighted by molar-refractivity contribution is 0.419. The smallest absolute Gasteiger partial charge is 0.259 e. The quantitative estimate of drug-likeness (QED) is 0.943. The van der Waals surface area contributed by atoms with E-state index in [1.165, 1.54) is 12.8 Å². The van der Waals surface area contributed by atoms with Gasteiger partial charge in [0.1, 0.15) is 0 Å². The molecule has 0 atom stereocenters. The summed E-state index contributed by atoms with van der Waals surface area (Å²) in [7, 11) is 0. The maximum Gasteiger partial charge on any atom is 0.259 e. The minimum absolute atomic E-state index is 0.568. The van der Waals surface area contributed by atoms with E-state index in [1.54, 1.807) is 0 Å². The number of benzene rings is 1. The molecule has 0 spiro atoms. The third-order valence-electron chi connectivity index (χ3n) is 3.02. The van der Waals surface area contributed by atoms with Gasteiger partial charge in [0, 0.05) is 10.5 Å². The van der Waals surface area contributed by atoms with E-state index >= 15 is 0 Å². The molecule has 1 aromatic carbocycles. The van der Waals surface area contributed by atoms with E-state index in [2.05, 4.69) is 31.4 Å². The second-order valence-corrected chi connectivity index (χ2v) is 5.40. The highest BCUT2D eigenvalue weighted by Gasteiger charge is 2.21. The Hall–Kier alpha value is -1.20. The fourth-order valence-electron chi connectivity index (χ4n) is 1.77. The minimum atomic E-state index is 0.568. The van der Waals surface area contributed by atoms with Gasteiger partial charge in [-0.3, -0.25) is 0 Å². The molecule has 1 heterocycles. The van der Waals surface area contributed by atoms with Crippen molar-refractivity contribution < 1.29 is 4.52 Å². The molecule has 1 saturated carbocycles. The minimum Gasteiger partial charge on any atom is -0.334 e. The predicted molar refractivity (Wildman–Crippen MR) is 72.0 cm³/mol. The SMILES string of the molecule is Cc1cccc(-c2nc(CNC3CC3)no2)c1Br. The van der Waals surface area contributed by atoms with Crippen molar-refractivity contribution in [1.29, 1.82) is 0 Å². The molecule has 0 unspecified atom stereocenters. The summed E-state index contributed by atoms with van der Waals surface area (Å²) in [5.41, 5.74) is 2.10. The van der Waals surface area contributed by atoms with Crippen LogP contribution in [0.15, 0.2) is 27.2 Å². The molecule has 1 aliphatic carbocycles. The number of halogens is 1. The lowest BCUT2D eigenvalue weighted by atomic mass is 10.1. The summed E-state index contributed by atoms with van der Waals surface area (Å²) >= 11 is 3.55. The molecule has 0 amide bonds. The Balaban J connectivity index is 1.80. The lowest BCUT2D eigenvalue weighted by Crippen LogP contribution is -2.16. The van der Waals surface area contributed by atoms with E-state index < -0.39 is 0 Å². The molecule has 94 valence electrons. The fraction of sp³-hybridized carbons (Fsp3) is 0.385. The van der Waals surface area contributed by atoms with Crippen molar-refractivity contribution in [2.75, 3.05) is 0 Å². The number of aryl methyl sites for hydroxylation is 1. The largest absolute Gasteiger partial charge is 0.334 e. The molecule has 0 aliphatic heterocycles. The second-order valence-electron chi connectivity index (χ2n) is 4.61. The Morgan fingerprint density at radius 3 is 3.06 bits per heavy atom. The molecule has 2 aromatic rings. The summed E-state index contributed by atoms with van der Waals surface area (Å²) in [4.78, 5) is 4.41. The van der Waals surface area contributed by atoms with E-state index in [1.807, 2.05) is 25.1 Å². The van der Waals surface area contributed by atoms with Crippen molar-refractivity contribution >= 4 is 15.9 Å². The summed E-state index contributed by atoms with van der Waals surface area (Å²) in [6, 6.07) is 6.65. The van der Waals surface area contributed by atoms with Crippen molar-refractivity contribution in [2.24, 2.45) is 0 Å². The fourth-order valence-corrected chi connectivity index (χ4v) is 2.20. The zero-order chi connectivity index (χ0) is 12.5. The van der Waals surface area contributed by atoms with Gasteiger partial charge >= 0.3 is 0 Å². The van der Waals surface area contributed by atoms with Crippen molar-refractivity contribution in [1.82, 2.24) is 15.5 Å². The Kier molecular flexibility index (Phi) is 3.18. The number of rotatable bonds is 4. The van der Waals surface area contributed by atoms with Gasteiger partial charge in [0.25, 0.3) is 5.89 Å². The predicted octanol–water partition coefficient (Wildman–Crippen LogP) is 3.06. The normalized spacial score (nSPS) is 15.0. The van der Waals surface area contributed by atoms with E-state index in [-0.39, 0.29) is 0 Å². The van der Waals surface area contributed by atoms with E-state index in [0.29, 0.717) is 24.3 Å². The van der Waals surface area contributed by atoms with Crippen molar-refractivity contribution in [3.63, 3.8) is 0 Å². The van der Waals surface area contributed by atoms with Crippen molar-refractivity contribution in [3.05, 3.63) is 34.1 Å². The average Bonchev–Trinajstić information content (AvgIpc) is 3.08. The Morgan fingerprint density at radius 2 is 2.28 bits per heavy atom. The highest BCUT2D eigenvalue weighted by Crippen LogP contribution is 2.29. The van der Waals surface area contributed by atoms with Gasteiger partial charge in [-0.05, 0) is 47.3 Å². The Morgan fingerprint density at radius 1 is 1.44 bits per heavy atom. The van der Waals surface area contributed by atoms with E-state index in [9.17, 15) is 0 Å². The lowest BCUT2D eigenvalue weighted by Gasteiger charge is -2.01. The number of hydrogen-bond acceptors (Lipinski definition) is 4. The first-order valence-corrected chi connectivity index (χ1v) is 6.85. The van der Waals surface area contributed by atoms with Crippen LogP contribution in [0.1, 0.15) is 24.2 Å². The van der Waals surface area contributed by atoms with Crippen LogP contribution in [0.5, 0.6) is 0 Å². The van der Waals surface area contributed by atoms with Crippen LogP contribution >= 0.6 is 15.9 Å². The maximum atomic E-state index is 5.31. The third kappa shape index (κ3) is 2.47. The summed E-state index contributed by atoms with van der Waals surface area (Å²) in [6.07, 6.45) is 2.52. The molecule has 5 heteroatoms. The molecule has 1 fully saturated rings. The van der Waals surface area contributed by atoms with Gasteiger partial charge in [-0.2, -0.15) is 4.98 Å². The Bertz CT molecular complexity index is 563. The molecular formula is C13H14BrN3O. The monoisotopic (exact) mass is 307 g/mol. The molecule has 4 nitrogen and oxygen atoms in total. The van der Waals surface area contributed by atoms with Crippen LogP contribution in [-0.2, 0) is 6.54 Å². The summed E-state index contributed by atoms with van der Waals surface area (Å²) in [5, 5.41) is 7.36. The number of nitrogens with zero attached hydrogens (tertiary/aromatic N) is 2. The van der Waals surface area contributed by atoms with Crippen LogP contribution < -0.4 is 5.32 Å². The summed E-state index contributed by atoms with van der Waals surface area (Å²) < 4.78 is 6.32. The van der Waals surface area contributed by atoms with Crippen LogP contribution in [0.4, 0.5) is 0 Å². The zero-order valence-corrected chi connectivity index (χ0v) is 11.7. The van der Waals surface area contributed by atoms with Gasteiger partial charge in [0.05, 0.1) is 12.1 Å². The molecule has 1 aromatic heterocycles. The first-order chi connectivity index (χ1) is 8.74. The van der Waals surface area contributed by atoms with Gasteiger partial charge in [0.15, 0.2) is 5.82 Å². The molecule has 1 aliphatic rings. The van der Waals surface area contributed by atoms with E-state index in [0.717, 1.165) is 15.6 Å². The van der Waals surface area contributed by atoms with Crippen molar-refractivity contribution in [3.8, 4) is 11.5 Å². The highest BCUT2D eigenvalue weighted by molar-refractivity contribution is 9.10. The van der Waals surface area contributed by atoms with Gasteiger partial charge in [-0.25, -0.2) is 0 Å². The summed E-state index contributed by atoms with van der Waals surface area (Å²) in [5.74, 6) is 1.28. The average molecular weight is 308 g/mol. The molecule has 18 heavy (non-hydrogen) atoms. The van der Waals surface area contributed by atoms with Crippen LogP contribution in [0.3, 0.4) is 0 Å². The molecule has 0 bridgehead atoms. The molecular weight excluding hydrogens is 294 g/mol. The van der Waals surface area contributed by atoms with E-state index in [4.69, 9.17) is 4.52 Å². The Labute approximate surface area is 114 Å². The molecule has 3 rings (SSSR count). The number of nitrogens with one attached hydrogen (secondary N) is 1. The van der Waals surface area contributed by atoms with Gasteiger partial charge in [-0.1, -0.05) is 17.3 Å². The molecule has 0 saturated heterocycles. The van der Waals surface area contributed by atoms with Crippen LogP contribution in [0.25, 0.3) is 11.5 Å². The van der Waals surface area contributed by atoms with Gasteiger partial charge in [-0.15, -0.1) is 0 Å². The topological polar surface area (TPSA) is 51.0 Å². The van der Waals surface area contributed by atoms with Gasteiger partial charge < -0.3 is 9.84 Å². The van der Waals surface area contributed by atoms with Crippen LogP contribution in [-0.4, -0.2) is 16.2 Å². The number of aromatic nitrogens is 2. The van der Waals surface area contributed by atoms with Gasteiger partial charge in [0.2, 0.25) is 0 Å². The number of hydrogen-bond donors (Lipinski definition) is 1. The zero-order valence-electron chi connectivity index (χ0n) is 10.1. The third-order valence-corrected chi connectivity index (χ3v) is 4.07. The summed E-state index contributed by atoms with van der Waals surface area (Å²) in [6.45, 7) is 2.72.